The predicted molar refractivity (Wildman–Crippen MR) is 114 cm³/mol. The Labute approximate surface area is 166 Å². The average molecular weight is 386 g/mol. The fourth-order valence-corrected chi connectivity index (χ4v) is 3.39. The highest BCUT2D eigenvalue weighted by Gasteiger charge is 2.16. The number of furan rings is 1. The number of aromatic nitrogens is 2. The maximum Gasteiger partial charge on any atom is 0.196 e. The van der Waals surface area contributed by atoms with Gasteiger partial charge in [-0.25, -0.2) is 9.97 Å². The Bertz CT molecular complexity index is 1310. The maximum absolute atomic E-state index is 6.09. The van der Waals surface area contributed by atoms with Crippen LogP contribution in [-0.4, -0.2) is 9.97 Å². The molecule has 0 radical (unpaired) electrons. The molecule has 0 aliphatic carbocycles. The second kappa shape index (κ2) is 6.66. The van der Waals surface area contributed by atoms with Crippen molar-refractivity contribution in [3.63, 3.8) is 0 Å². The van der Waals surface area contributed by atoms with Gasteiger partial charge in [-0.05, 0) is 61.0 Å². The van der Waals surface area contributed by atoms with Crippen molar-refractivity contribution in [1.29, 1.82) is 0 Å². The van der Waals surface area contributed by atoms with Crippen molar-refractivity contribution in [2.45, 2.75) is 6.92 Å². The van der Waals surface area contributed by atoms with Gasteiger partial charge in [-0.15, -0.1) is 0 Å². The largest absolute Gasteiger partial charge is 0.450 e. The molecule has 0 fully saturated rings. The SMILES string of the molecule is Cc1cccc(Nc2nc(-c3ccc(Cl)cc3)nc3c2oc2ccccc23)c1. The van der Waals surface area contributed by atoms with Crippen LogP contribution in [-0.2, 0) is 0 Å². The van der Waals surface area contributed by atoms with E-state index in [-0.39, 0.29) is 0 Å². The highest BCUT2D eigenvalue weighted by molar-refractivity contribution is 6.30. The molecule has 5 aromatic rings. The van der Waals surface area contributed by atoms with E-state index in [1.165, 1.54) is 0 Å². The van der Waals surface area contributed by atoms with Gasteiger partial charge < -0.3 is 9.73 Å². The van der Waals surface area contributed by atoms with E-state index in [0.717, 1.165) is 33.3 Å². The van der Waals surface area contributed by atoms with Gasteiger partial charge in [0, 0.05) is 21.7 Å². The molecule has 0 atom stereocenters. The van der Waals surface area contributed by atoms with Gasteiger partial charge in [-0.3, -0.25) is 0 Å². The molecular weight excluding hydrogens is 370 g/mol. The van der Waals surface area contributed by atoms with Crippen molar-refractivity contribution in [3.8, 4) is 11.4 Å². The summed E-state index contributed by atoms with van der Waals surface area (Å²) < 4.78 is 6.09. The number of nitrogens with zero attached hydrogens (tertiary/aromatic N) is 2. The van der Waals surface area contributed by atoms with Crippen LogP contribution in [0.5, 0.6) is 0 Å². The Morgan fingerprint density at radius 2 is 1.71 bits per heavy atom. The average Bonchev–Trinajstić information content (AvgIpc) is 3.08. The summed E-state index contributed by atoms with van der Waals surface area (Å²) in [4.78, 5) is 9.56. The van der Waals surface area contributed by atoms with E-state index in [9.17, 15) is 0 Å². The molecule has 0 aliphatic rings. The Balaban J connectivity index is 1.75. The Kier molecular flexibility index (Phi) is 3.99. The number of nitrogens with one attached hydrogen (secondary N) is 1. The van der Waals surface area contributed by atoms with Gasteiger partial charge in [0.25, 0.3) is 0 Å². The van der Waals surface area contributed by atoms with Crippen LogP contribution in [0.15, 0.2) is 77.2 Å². The van der Waals surface area contributed by atoms with E-state index in [1.54, 1.807) is 0 Å². The summed E-state index contributed by atoms with van der Waals surface area (Å²) in [6, 6.07) is 23.5. The number of halogens is 1. The van der Waals surface area contributed by atoms with Crippen molar-refractivity contribution in [3.05, 3.63) is 83.4 Å². The standard InChI is InChI=1S/C23H16ClN3O/c1-14-5-4-6-17(13-14)25-23-21-20(18-7-2-3-8-19(18)28-21)26-22(27-23)15-9-11-16(24)12-10-15/h2-13H,1H3,(H,25,26,27). The van der Waals surface area contributed by atoms with E-state index in [2.05, 4.69) is 24.4 Å². The second-order valence-electron chi connectivity index (χ2n) is 6.67. The number of hydrogen-bond acceptors (Lipinski definition) is 4. The summed E-state index contributed by atoms with van der Waals surface area (Å²) >= 11 is 6.04. The third-order valence-corrected chi connectivity index (χ3v) is 4.85. The molecule has 2 heterocycles. The molecule has 0 saturated carbocycles. The summed E-state index contributed by atoms with van der Waals surface area (Å²) in [5.74, 6) is 1.25. The first-order valence-electron chi connectivity index (χ1n) is 8.96. The first-order valence-corrected chi connectivity index (χ1v) is 9.34. The third kappa shape index (κ3) is 2.98. The zero-order valence-corrected chi connectivity index (χ0v) is 15.9. The number of anilines is 2. The minimum absolute atomic E-state index is 0.617. The molecule has 0 unspecified atom stereocenters. The van der Waals surface area contributed by atoms with Gasteiger partial charge in [0.05, 0.1) is 0 Å². The van der Waals surface area contributed by atoms with Gasteiger partial charge in [0.2, 0.25) is 0 Å². The molecule has 3 aromatic carbocycles. The van der Waals surface area contributed by atoms with Crippen LogP contribution in [0.2, 0.25) is 5.02 Å². The number of aryl methyl sites for hydroxylation is 1. The highest BCUT2D eigenvalue weighted by Crippen LogP contribution is 2.34. The lowest BCUT2D eigenvalue weighted by atomic mass is 10.2. The predicted octanol–water partition coefficient (Wildman–Crippen LogP) is 6.75. The summed E-state index contributed by atoms with van der Waals surface area (Å²) in [6.45, 7) is 2.06. The van der Waals surface area contributed by atoms with E-state index in [1.807, 2.05) is 60.7 Å². The normalized spacial score (nSPS) is 11.2. The minimum atomic E-state index is 0.617. The zero-order valence-electron chi connectivity index (χ0n) is 15.1. The summed E-state index contributed by atoms with van der Waals surface area (Å²) in [5, 5.41) is 5.04. The lowest BCUT2D eigenvalue weighted by Gasteiger charge is -2.09. The molecule has 136 valence electrons. The van der Waals surface area contributed by atoms with Crippen LogP contribution < -0.4 is 5.32 Å². The number of hydrogen-bond donors (Lipinski definition) is 1. The second-order valence-corrected chi connectivity index (χ2v) is 7.11. The van der Waals surface area contributed by atoms with E-state index < -0.39 is 0 Å². The van der Waals surface area contributed by atoms with Crippen LogP contribution in [0.1, 0.15) is 5.56 Å². The smallest absolute Gasteiger partial charge is 0.196 e. The number of benzene rings is 3. The molecule has 0 bridgehead atoms. The van der Waals surface area contributed by atoms with Crippen molar-refractivity contribution in [1.82, 2.24) is 9.97 Å². The highest BCUT2D eigenvalue weighted by atomic mass is 35.5. The van der Waals surface area contributed by atoms with E-state index in [4.69, 9.17) is 26.0 Å². The molecule has 1 N–H and O–H groups in total. The molecule has 4 nitrogen and oxygen atoms in total. The van der Waals surface area contributed by atoms with Crippen LogP contribution in [0.25, 0.3) is 33.5 Å². The summed E-state index contributed by atoms with van der Waals surface area (Å²) in [7, 11) is 0. The lowest BCUT2D eigenvalue weighted by Crippen LogP contribution is -1.98. The number of para-hydroxylation sites is 1. The van der Waals surface area contributed by atoms with Gasteiger partial charge in [0.1, 0.15) is 11.1 Å². The fraction of sp³-hybridized carbons (Fsp3) is 0.0435. The van der Waals surface area contributed by atoms with Crippen molar-refractivity contribution in [2.24, 2.45) is 0 Å². The monoisotopic (exact) mass is 385 g/mol. The summed E-state index contributed by atoms with van der Waals surface area (Å²) in [5.41, 5.74) is 5.21. The van der Waals surface area contributed by atoms with Gasteiger partial charge in [0.15, 0.2) is 17.2 Å². The quantitative estimate of drug-likeness (QED) is 0.373. The molecule has 0 amide bonds. The van der Waals surface area contributed by atoms with Crippen LogP contribution in [0.4, 0.5) is 11.5 Å². The molecule has 5 heteroatoms. The molecular formula is C23H16ClN3O. The summed E-state index contributed by atoms with van der Waals surface area (Å²) in [6.07, 6.45) is 0. The van der Waals surface area contributed by atoms with Crippen molar-refractivity contribution >= 4 is 45.2 Å². The van der Waals surface area contributed by atoms with Gasteiger partial charge >= 0.3 is 0 Å². The van der Waals surface area contributed by atoms with Crippen molar-refractivity contribution < 1.29 is 4.42 Å². The van der Waals surface area contributed by atoms with Crippen LogP contribution in [0, 0.1) is 6.92 Å². The van der Waals surface area contributed by atoms with Crippen LogP contribution in [0.3, 0.4) is 0 Å². The van der Waals surface area contributed by atoms with Gasteiger partial charge in [-0.1, -0.05) is 35.9 Å². The molecule has 28 heavy (non-hydrogen) atoms. The lowest BCUT2D eigenvalue weighted by molar-refractivity contribution is 0.667. The Hall–Kier alpha value is -3.37. The molecule has 0 aliphatic heterocycles. The first kappa shape index (κ1) is 16.8. The zero-order chi connectivity index (χ0) is 19.1. The molecule has 0 saturated heterocycles. The van der Waals surface area contributed by atoms with Gasteiger partial charge in [-0.2, -0.15) is 0 Å². The van der Waals surface area contributed by atoms with E-state index in [0.29, 0.717) is 22.2 Å². The molecule has 0 spiro atoms. The minimum Gasteiger partial charge on any atom is -0.450 e. The number of fused-ring (bicyclic) bond motifs is 3. The number of rotatable bonds is 3. The molecule has 5 rings (SSSR count). The van der Waals surface area contributed by atoms with E-state index >= 15 is 0 Å². The molecule has 2 aromatic heterocycles. The maximum atomic E-state index is 6.09. The Morgan fingerprint density at radius 3 is 2.54 bits per heavy atom. The first-order chi connectivity index (χ1) is 13.7. The van der Waals surface area contributed by atoms with Crippen molar-refractivity contribution in [2.75, 3.05) is 5.32 Å². The fourth-order valence-electron chi connectivity index (χ4n) is 3.26. The van der Waals surface area contributed by atoms with Crippen LogP contribution >= 0.6 is 11.6 Å². The topological polar surface area (TPSA) is 51.0 Å². The Morgan fingerprint density at radius 1 is 0.893 bits per heavy atom. The third-order valence-electron chi connectivity index (χ3n) is 4.60.